The average Bonchev–Trinajstić information content (AvgIpc) is 3.68. The molecule has 7 rings (SSSR count). The number of thiophene rings is 1. The summed E-state index contributed by atoms with van der Waals surface area (Å²) in [6.07, 6.45) is 0. The molecule has 0 radical (unpaired) electrons. The molecular formula is C34H26N2O2S. The molecule has 0 spiro atoms. The van der Waals surface area contributed by atoms with E-state index in [1.807, 2.05) is 60.7 Å². The van der Waals surface area contributed by atoms with Gasteiger partial charge in [-0.3, -0.25) is 9.59 Å². The van der Waals surface area contributed by atoms with Gasteiger partial charge in [0, 0.05) is 67.8 Å². The Morgan fingerprint density at radius 1 is 0.538 bits per heavy atom. The first kappa shape index (κ1) is 23.6. The van der Waals surface area contributed by atoms with Crippen molar-refractivity contribution in [2.75, 3.05) is 0 Å². The second kappa shape index (κ2) is 9.07. The number of aryl methyl sites for hydroxylation is 2. The minimum atomic E-state index is -0.0595. The van der Waals surface area contributed by atoms with E-state index in [1.165, 1.54) is 22.4 Å². The summed E-state index contributed by atoms with van der Waals surface area (Å²) in [5.74, 6) is -0.119. The van der Waals surface area contributed by atoms with Crippen LogP contribution in [-0.2, 0) is 13.1 Å². The molecule has 39 heavy (non-hydrogen) atoms. The Hall–Kier alpha value is -4.48. The lowest BCUT2D eigenvalue weighted by molar-refractivity contribution is 0.103. The van der Waals surface area contributed by atoms with Crippen LogP contribution >= 0.6 is 11.3 Å². The van der Waals surface area contributed by atoms with E-state index >= 15 is 0 Å². The molecule has 0 atom stereocenters. The molecule has 0 aliphatic rings. The molecule has 5 heteroatoms. The van der Waals surface area contributed by atoms with E-state index in [2.05, 4.69) is 47.2 Å². The van der Waals surface area contributed by atoms with Crippen molar-refractivity contribution >= 4 is 66.5 Å². The van der Waals surface area contributed by atoms with Gasteiger partial charge in [0.05, 0.1) is 9.75 Å². The number of hydrogen-bond donors (Lipinski definition) is 0. The van der Waals surface area contributed by atoms with Crippen LogP contribution in [0.3, 0.4) is 0 Å². The van der Waals surface area contributed by atoms with E-state index in [0.717, 1.165) is 45.7 Å². The van der Waals surface area contributed by atoms with Gasteiger partial charge >= 0.3 is 0 Å². The van der Waals surface area contributed by atoms with Crippen molar-refractivity contribution in [2.45, 2.75) is 26.9 Å². The van der Waals surface area contributed by atoms with Crippen molar-refractivity contribution in [3.63, 3.8) is 0 Å². The third-order valence-corrected chi connectivity index (χ3v) is 8.84. The summed E-state index contributed by atoms with van der Waals surface area (Å²) in [6.45, 7) is 5.99. The van der Waals surface area contributed by atoms with Crippen molar-refractivity contribution in [1.29, 1.82) is 0 Å². The van der Waals surface area contributed by atoms with Gasteiger partial charge in [-0.2, -0.15) is 0 Å². The zero-order chi connectivity index (χ0) is 26.7. The Morgan fingerprint density at radius 2 is 0.949 bits per heavy atom. The number of ketones is 2. The van der Waals surface area contributed by atoms with Crippen LogP contribution in [0.25, 0.3) is 43.6 Å². The van der Waals surface area contributed by atoms with Gasteiger partial charge < -0.3 is 9.13 Å². The molecule has 0 saturated carbocycles. The quantitative estimate of drug-likeness (QED) is 0.204. The topological polar surface area (TPSA) is 44.0 Å². The van der Waals surface area contributed by atoms with Crippen molar-refractivity contribution < 1.29 is 9.59 Å². The van der Waals surface area contributed by atoms with Crippen LogP contribution in [0.5, 0.6) is 0 Å². The van der Waals surface area contributed by atoms with Gasteiger partial charge in [0.15, 0.2) is 0 Å². The van der Waals surface area contributed by atoms with Gasteiger partial charge in [0.25, 0.3) is 0 Å². The van der Waals surface area contributed by atoms with Crippen LogP contribution in [0.1, 0.15) is 44.3 Å². The Kier molecular flexibility index (Phi) is 5.49. The standard InChI is InChI=1S/C34H26N2O2S/c1-3-35-27-11-7-5-9-23(27)25-19-21(13-15-29(25)35)33(37)31-17-18-32(39-31)34(38)22-14-16-30-26(20-22)24-10-6-8-12-28(24)36(30)4-2/h5-20H,3-4H2,1-2H3. The largest absolute Gasteiger partial charge is 0.341 e. The third kappa shape index (κ3) is 3.57. The number of para-hydroxylation sites is 2. The van der Waals surface area contributed by atoms with E-state index < -0.39 is 0 Å². The number of benzene rings is 4. The second-order valence-corrected chi connectivity index (χ2v) is 10.9. The fourth-order valence-corrected chi connectivity index (χ4v) is 6.87. The van der Waals surface area contributed by atoms with E-state index in [1.54, 1.807) is 12.1 Å². The molecule has 0 aliphatic heterocycles. The fraction of sp³-hybridized carbons (Fsp3) is 0.118. The summed E-state index contributed by atoms with van der Waals surface area (Å²) < 4.78 is 4.55. The molecule has 190 valence electrons. The van der Waals surface area contributed by atoms with Crippen LogP contribution in [0.15, 0.2) is 97.1 Å². The smallest absolute Gasteiger partial charge is 0.202 e. The number of carbonyl (C=O) groups is 2. The Balaban J connectivity index is 1.24. The molecular weight excluding hydrogens is 500 g/mol. The first-order valence-corrected chi connectivity index (χ1v) is 14.1. The average molecular weight is 527 g/mol. The highest BCUT2D eigenvalue weighted by Crippen LogP contribution is 2.33. The maximum atomic E-state index is 13.5. The Bertz CT molecular complexity index is 1940. The van der Waals surface area contributed by atoms with Gasteiger partial charge in [-0.05, 0) is 74.5 Å². The fourth-order valence-electron chi connectivity index (χ4n) is 5.94. The Morgan fingerprint density at radius 3 is 1.38 bits per heavy atom. The third-order valence-electron chi connectivity index (χ3n) is 7.76. The summed E-state index contributed by atoms with van der Waals surface area (Å²) in [6, 6.07) is 32.0. The zero-order valence-electron chi connectivity index (χ0n) is 21.8. The maximum absolute atomic E-state index is 13.5. The van der Waals surface area contributed by atoms with Gasteiger partial charge in [0.1, 0.15) is 0 Å². The number of rotatable bonds is 6. The zero-order valence-corrected chi connectivity index (χ0v) is 22.6. The summed E-state index contributed by atoms with van der Waals surface area (Å²) in [4.78, 5) is 28.2. The van der Waals surface area contributed by atoms with E-state index in [-0.39, 0.29) is 11.6 Å². The van der Waals surface area contributed by atoms with Gasteiger partial charge in [-0.1, -0.05) is 36.4 Å². The lowest BCUT2D eigenvalue weighted by atomic mass is 10.0. The number of hydrogen-bond acceptors (Lipinski definition) is 3. The van der Waals surface area contributed by atoms with E-state index in [0.29, 0.717) is 20.9 Å². The van der Waals surface area contributed by atoms with Crippen molar-refractivity contribution in [2.24, 2.45) is 0 Å². The highest BCUT2D eigenvalue weighted by atomic mass is 32.1. The highest BCUT2D eigenvalue weighted by molar-refractivity contribution is 7.16. The molecule has 4 nitrogen and oxygen atoms in total. The van der Waals surface area contributed by atoms with Crippen LogP contribution in [-0.4, -0.2) is 20.7 Å². The molecule has 0 fully saturated rings. The normalized spacial score (nSPS) is 11.7. The summed E-state index contributed by atoms with van der Waals surface area (Å²) in [5, 5.41) is 4.44. The SMILES string of the molecule is CCn1c2ccccc2c2cc(C(=O)c3ccc(C(=O)c4ccc5c(c4)c4ccccc4n5CC)s3)ccc21. The van der Waals surface area contributed by atoms with Crippen LogP contribution < -0.4 is 0 Å². The summed E-state index contributed by atoms with van der Waals surface area (Å²) in [7, 11) is 0. The molecule has 0 saturated heterocycles. The van der Waals surface area contributed by atoms with Crippen LogP contribution in [0.2, 0.25) is 0 Å². The van der Waals surface area contributed by atoms with Crippen molar-refractivity contribution in [1.82, 2.24) is 9.13 Å². The molecule has 0 bridgehead atoms. The minimum Gasteiger partial charge on any atom is -0.341 e. The molecule has 0 amide bonds. The first-order chi connectivity index (χ1) is 19.1. The Labute approximate surface area is 229 Å². The number of fused-ring (bicyclic) bond motifs is 6. The summed E-state index contributed by atoms with van der Waals surface area (Å²) >= 11 is 1.27. The number of aromatic nitrogens is 2. The number of carbonyl (C=O) groups excluding carboxylic acids is 2. The van der Waals surface area contributed by atoms with Crippen LogP contribution in [0.4, 0.5) is 0 Å². The molecule has 0 unspecified atom stereocenters. The molecule has 3 aromatic heterocycles. The number of nitrogens with zero attached hydrogens (tertiary/aromatic N) is 2. The monoisotopic (exact) mass is 526 g/mol. The van der Waals surface area contributed by atoms with E-state index in [9.17, 15) is 9.59 Å². The van der Waals surface area contributed by atoms with Crippen LogP contribution in [0, 0.1) is 0 Å². The maximum Gasteiger partial charge on any atom is 0.202 e. The molecule has 3 heterocycles. The van der Waals surface area contributed by atoms with E-state index in [4.69, 9.17) is 0 Å². The molecule has 7 aromatic rings. The molecule has 0 N–H and O–H groups in total. The van der Waals surface area contributed by atoms with Gasteiger partial charge in [0.2, 0.25) is 11.6 Å². The van der Waals surface area contributed by atoms with Crippen molar-refractivity contribution in [3.05, 3.63) is 118 Å². The predicted octanol–water partition coefficient (Wildman–Crippen LogP) is 8.47. The van der Waals surface area contributed by atoms with Crippen molar-refractivity contribution in [3.8, 4) is 0 Å². The van der Waals surface area contributed by atoms with Gasteiger partial charge in [-0.25, -0.2) is 0 Å². The lowest BCUT2D eigenvalue weighted by Gasteiger charge is -2.04. The highest BCUT2D eigenvalue weighted by Gasteiger charge is 2.19. The molecule has 0 aliphatic carbocycles. The summed E-state index contributed by atoms with van der Waals surface area (Å²) in [5.41, 5.74) is 5.85. The lowest BCUT2D eigenvalue weighted by Crippen LogP contribution is -2.00. The van der Waals surface area contributed by atoms with Gasteiger partial charge in [-0.15, -0.1) is 11.3 Å². The molecule has 4 aromatic carbocycles. The second-order valence-electron chi connectivity index (χ2n) is 9.81. The minimum absolute atomic E-state index is 0.0595. The predicted molar refractivity (Wildman–Crippen MR) is 161 cm³/mol. The first-order valence-electron chi connectivity index (χ1n) is 13.3.